The summed E-state index contributed by atoms with van der Waals surface area (Å²) in [5.41, 5.74) is 1.14. The molecule has 0 fully saturated rings. The van der Waals surface area contributed by atoms with Gasteiger partial charge >= 0.3 is 5.97 Å². The van der Waals surface area contributed by atoms with Crippen LogP contribution in [0.2, 0.25) is 0 Å². The highest BCUT2D eigenvalue weighted by Crippen LogP contribution is 2.00. The molecule has 0 aliphatic carbocycles. The number of allylic oxidation sites excluding steroid dienone is 3. The van der Waals surface area contributed by atoms with Crippen LogP contribution in [0.3, 0.4) is 0 Å². The molecule has 1 aromatic rings. The maximum Gasteiger partial charge on any atom is 0.327 e. The number of benzene rings is 1. The molecule has 3 heteroatoms. The molecule has 0 amide bonds. The summed E-state index contributed by atoms with van der Waals surface area (Å²) in [6, 6.07) is 11.9. The average molecular weight is 227 g/mol. The Hall–Kier alpha value is -2.60. The maximum atomic E-state index is 9.25. The van der Waals surface area contributed by atoms with Crippen molar-refractivity contribution >= 4 is 12.0 Å². The Morgan fingerprint density at radius 1 is 1.29 bits per heavy atom. The van der Waals surface area contributed by atoms with Crippen molar-refractivity contribution in [3.8, 4) is 6.07 Å². The van der Waals surface area contributed by atoms with E-state index in [1.54, 1.807) is 6.08 Å². The number of nitriles is 1. The van der Waals surface area contributed by atoms with Crippen molar-refractivity contribution in [1.82, 2.24) is 0 Å². The van der Waals surface area contributed by atoms with Crippen molar-refractivity contribution in [3.63, 3.8) is 0 Å². The highest BCUT2D eigenvalue weighted by atomic mass is 16.4. The Morgan fingerprint density at radius 3 is 2.35 bits per heavy atom. The van der Waals surface area contributed by atoms with Gasteiger partial charge in [-0.3, -0.25) is 0 Å². The van der Waals surface area contributed by atoms with Crippen LogP contribution in [-0.4, -0.2) is 11.1 Å². The zero-order valence-corrected chi connectivity index (χ0v) is 9.28. The van der Waals surface area contributed by atoms with Gasteiger partial charge in [-0.1, -0.05) is 55.1 Å². The predicted molar refractivity (Wildman–Crippen MR) is 68.1 cm³/mol. The fourth-order valence-corrected chi connectivity index (χ4v) is 0.829. The van der Waals surface area contributed by atoms with Crippen LogP contribution in [0.15, 0.2) is 61.2 Å². The van der Waals surface area contributed by atoms with Crippen LogP contribution in [0.5, 0.6) is 0 Å². The van der Waals surface area contributed by atoms with E-state index in [2.05, 4.69) is 6.58 Å². The lowest BCUT2D eigenvalue weighted by molar-refractivity contribution is -0.131. The molecule has 0 atom stereocenters. The quantitative estimate of drug-likeness (QED) is 0.490. The SMILES string of the molecule is C=CC(=O)O.N#CC=CC=Cc1ccccc1. The topological polar surface area (TPSA) is 61.1 Å². The number of carbonyl (C=O) groups is 1. The van der Waals surface area contributed by atoms with E-state index in [0.717, 1.165) is 11.6 Å². The van der Waals surface area contributed by atoms with E-state index >= 15 is 0 Å². The van der Waals surface area contributed by atoms with Crippen molar-refractivity contribution < 1.29 is 9.90 Å². The summed E-state index contributed by atoms with van der Waals surface area (Å²) in [6.45, 7) is 2.96. The van der Waals surface area contributed by atoms with E-state index in [4.69, 9.17) is 10.4 Å². The Labute approximate surface area is 101 Å². The molecule has 0 saturated carbocycles. The largest absolute Gasteiger partial charge is 0.478 e. The van der Waals surface area contributed by atoms with E-state index in [9.17, 15) is 4.79 Å². The van der Waals surface area contributed by atoms with E-state index in [1.165, 1.54) is 6.08 Å². The van der Waals surface area contributed by atoms with Crippen LogP contribution in [0, 0.1) is 11.3 Å². The van der Waals surface area contributed by atoms with Gasteiger partial charge in [0.15, 0.2) is 0 Å². The first-order valence-corrected chi connectivity index (χ1v) is 4.84. The number of hydrogen-bond donors (Lipinski definition) is 1. The predicted octanol–water partition coefficient (Wildman–Crippen LogP) is 3.04. The standard InChI is InChI=1S/C11H9N.C3H4O2/c12-10-6-2-5-9-11-7-3-1-4-8-11;1-2-3(4)5/h1-9H;2H,1H2,(H,4,5). The van der Waals surface area contributed by atoms with Crippen LogP contribution in [0.4, 0.5) is 0 Å². The van der Waals surface area contributed by atoms with Crippen LogP contribution >= 0.6 is 0 Å². The molecule has 0 spiro atoms. The number of aliphatic carboxylic acids is 1. The molecule has 0 aliphatic heterocycles. The zero-order chi connectivity index (χ0) is 12.9. The Kier molecular flexibility index (Phi) is 8.42. The first-order chi connectivity index (χ1) is 8.20. The lowest BCUT2D eigenvalue weighted by atomic mass is 10.2. The average Bonchev–Trinajstić information content (AvgIpc) is 2.37. The van der Waals surface area contributed by atoms with Gasteiger partial charge in [0.05, 0.1) is 6.07 Å². The second kappa shape index (κ2) is 9.94. The third-order valence-corrected chi connectivity index (χ3v) is 1.54. The third-order valence-electron chi connectivity index (χ3n) is 1.54. The molecule has 1 rings (SSSR count). The molecule has 3 nitrogen and oxygen atoms in total. The van der Waals surface area contributed by atoms with Crippen LogP contribution in [-0.2, 0) is 4.79 Å². The van der Waals surface area contributed by atoms with Gasteiger partial charge in [0, 0.05) is 12.2 Å². The first kappa shape index (κ1) is 14.4. The summed E-state index contributed by atoms with van der Waals surface area (Å²) in [5.74, 6) is -0.981. The van der Waals surface area contributed by atoms with E-state index < -0.39 is 5.97 Å². The molecule has 0 aromatic heterocycles. The Morgan fingerprint density at radius 2 is 1.88 bits per heavy atom. The molecule has 0 bridgehead atoms. The van der Waals surface area contributed by atoms with Gasteiger partial charge in [-0.15, -0.1) is 0 Å². The summed E-state index contributed by atoms with van der Waals surface area (Å²) in [5, 5.41) is 15.8. The van der Waals surface area contributed by atoms with Crippen LogP contribution in [0.25, 0.3) is 6.08 Å². The Balaban J connectivity index is 0.000000437. The van der Waals surface area contributed by atoms with Gasteiger partial charge in [0.2, 0.25) is 0 Å². The highest BCUT2D eigenvalue weighted by molar-refractivity contribution is 5.78. The summed E-state index contributed by atoms with van der Waals surface area (Å²) >= 11 is 0. The van der Waals surface area contributed by atoms with Gasteiger partial charge in [-0.2, -0.15) is 5.26 Å². The molecule has 0 saturated heterocycles. The monoisotopic (exact) mass is 227 g/mol. The minimum absolute atomic E-state index is 0.833. The van der Waals surface area contributed by atoms with Gasteiger partial charge in [-0.05, 0) is 5.56 Å². The van der Waals surface area contributed by atoms with Crippen molar-refractivity contribution in [1.29, 1.82) is 5.26 Å². The summed E-state index contributed by atoms with van der Waals surface area (Å²) in [4.78, 5) is 9.25. The normalized spacial score (nSPS) is 9.35. The molecular formula is C14H13NO2. The fourth-order valence-electron chi connectivity index (χ4n) is 0.829. The molecule has 1 aromatic carbocycles. The molecule has 17 heavy (non-hydrogen) atoms. The molecule has 0 heterocycles. The summed E-state index contributed by atoms with van der Waals surface area (Å²) < 4.78 is 0. The van der Waals surface area contributed by atoms with Crippen molar-refractivity contribution in [2.75, 3.05) is 0 Å². The highest BCUT2D eigenvalue weighted by Gasteiger charge is 1.78. The lowest BCUT2D eigenvalue weighted by Crippen LogP contribution is -1.82. The fraction of sp³-hybridized carbons (Fsp3) is 0. The minimum Gasteiger partial charge on any atom is -0.478 e. The lowest BCUT2D eigenvalue weighted by Gasteiger charge is -1.87. The molecule has 1 N–H and O–H groups in total. The van der Waals surface area contributed by atoms with Gasteiger partial charge in [0.1, 0.15) is 0 Å². The van der Waals surface area contributed by atoms with Gasteiger partial charge in [0.25, 0.3) is 0 Å². The van der Waals surface area contributed by atoms with E-state index in [1.807, 2.05) is 48.6 Å². The van der Waals surface area contributed by atoms with Crippen molar-refractivity contribution in [3.05, 3.63) is 66.8 Å². The van der Waals surface area contributed by atoms with Gasteiger partial charge in [-0.25, -0.2) is 4.79 Å². The number of carboxylic acid groups (broad SMARTS) is 1. The maximum absolute atomic E-state index is 9.25. The van der Waals surface area contributed by atoms with E-state index in [0.29, 0.717) is 0 Å². The van der Waals surface area contributed by atoms with Crippen molar-refractivity contribution in [2.45, 2.75) is 0 Å². The Bertz CT molecular complexity index is 439. The number of carboxylic acids is 1. The molecule has 0 unspecified atom stereocenters. The molecule has 86 valence electrons. The number of hydrogen-bond acceptors (Lipinski definition) is 2. The molecule has 0 aliphatic rings. The third kappa shape index (κ3) is 9.70. The van der Waals surface area contributed by atoms with Crippen LogP contribution in [0.1, 0.15) is 5.56 Å². The zero-order valence-electron chi connectivity index (χ0n) is 9.28. The second-order valence-corrected chi connectivity index (χ2v) is 2.80. The minimum atomic E-state index is -0.981. The summed E-state index contributed by atoms with van der Waals surface area (Å²) in [7, 11) is 0. The summed E-state index contributed by atoms with van der Waals surface area (Å²) in [6.07, 6.45) is 7.79. The number of nitrogens with zero attached hydrogens (tertiary/aromatic N) is 1. The molecule has 0 radical (unpaired) electrons. The van der Waals surface area contributed by atoms with Gasteiger partial charge < -0.3 is 5.11 Å². The first-order valence-electron chi connectivity index (χ1n) is 4.84. The van der Waals surface area contributed by atoms with E-state index in [-0.39, 0.29) is 0 Å². The smallest absolute Gasteiger partial charge is 0.327 e. The van der Waals surface area contributed by atoms with Crippen LogP contribution < -0.4 is 0 Å². The number of rotatable bonds is 3. The molecular weight excluding hydrogens is 214 g/mol. The van der Waals surface area contributed by atoms with Crippen molar-refractivity contribution in [2.24, 2.45) is 0 Å². The second-order valence-electron chi connectivity index (χ2n) is 2.80.